The quantitative estimate of drug-likeness (QED) is 0.351. The summed E-state index contributed by atoms with van der Waals surface area (Å²) < 4.78 is 25.8. The first-order chi connectivity index (χ1) is 16.5. The van der Waals surface area contributed by atoms with E-state index in [1.54, 1.807) is 30.3 Å². The largest absolute Gasteiger partial charge is 0.872 e. The van der Waals surface area contributed by atoms with Crippen LogP contribution in [0.15, 0.2) is 54.1 Å². The third-order valence-electron chi connectivity index (χ3n) is 6.22. The average Bonchev–Trinajstić information content (AvgIpc) is 3.11. The first-order valence-corrected chi connectivity index (χ1v) is 11.7. The fourth-order valence-electron chi connectivity index (χ4n) is 4.39. The van der Waals surface area contributed by atoms with Gasteiger partial charge >= 0.3 is 0 Å². The minimum atomic E-state index is -1.06. The molecule has 1 atom stereocenters. The van der Waals surface area contributed by atoms with Gasteiger partial charge in [0, 0.05) is 11.1 Å². The predicted molar refractivity (Wildman–Crippen MR) is 121 cm³/mol. The Bertz CT molecular complexity index is 1060. The molecule has 0 aliphatic carbocycles. The molecule has 1 amide bonds. The highest BCUT2D eigenvalue weighted by Crippen LogP contribution is 2.39. The summed E-state index contributed by atoms with van der Waals surface area (Å²) >= 11 is 0. The lowest BCUT2D eigenvalue weighted by Gasteiger charge is -2.30. The molecular formula is C26H29FN2O5. The van der Waals surface area contributed by atoms with E-state index in [1.165, 1.54) is 28.0 Å². The van der Waals surface area contributed by atoms with Crippen LogP contribution in [0.25, 0.3) is 5.76 Å². The van der Waals surface area contributed by atoms with Crippen LogP contribution in [0.2, 0.25) is 0 Å². The molecule has 4 rings (SSSR count). The highest BCUT2D eigenvalue weighted by molar-refractivity contribution is 6.46. The van der Waals surface area contributed by atoms with Gasteiger partial charge in [-0.3, -0.25) is 9.59 Å². The summed E-state index contributed by atoms with van der Waals surface area (Å²) in [5.41, 5.74) is 0.182. The highest BCUT2D eigenvalue weighted by Gasteiger charge is 2.45. The Kier molecular flexibility index (Phi) is 7.59. The van der Waals surface area contributed by atoms with Gasteiger partial charge < -0.3 is 24.4 Å². The van der Waals surface area contributed by atoms with Crippen molar-refractivity contribution in [1.82, 2.24) is 4.90 Å². The van der Waals surface area contributed by atoms with Gasteiger partial charge in [-0.05, 0) is 30.2 Å². The van der Waals surface area contributed by atoms with Gasteiger partial charge in [0.25, 0.3) is 5.91 Å². The molecule has 7 nitrogen and oxygen atoms in total. The first-order valence-electron chi connectivity index (χ1n) is 11.7. The van der Waals surface area contributed by atoms with Crippen molar-refractivity contribution in [2.75, 3.05) is 46.0 Å². The number of Topliss-reactive ketones (excluding diaryl/α,β-unsaturated/α-hetero) is 1. The van der Waals surface area contributed by atoms with Gasteiger partial charge in [-0.25, -0.2) is 4.39 Å². The van der Waals surface area contributed by atoms with E-state index in [1.807, 2.05) is 6.92 Å². The maximum atomic E-state index is 14.9. The summed E-state index contributed by atoms with van der Waals surface area (Å²) in [6.45, 7) is 6.21. The molecule has 1 N–H and O–H groups in total. The molecule has 2 fully saturated rings. The van der Waals surface area contributed by atoms with Crippen molar-refractivity contribution in [2.24, 2.45) is 0 Å². The summed E-state index contributed by atoms with van der Waals surface area (Å²) in [7, 11) is 0. The van der Waals surface area contributed by atoms with Crippen LogP contribution in [0.5, 0.6) is 5.75 Å². The van der Waals surface area contributed by atoms with Gasteiger partial charge in [-0.2, -0.15) is 0 Å². The van der Waals surface area contributed by atoms with E-state index in [4.69, 9.17) is 9.47 Å². The van der Waals surface area contributed by atoms with Gasteiger partial charge in [0.15, 0.2) is 0 Å². The highest BCUT2D eigenvalue weighted by atomic mass is 19.1. The molecule has 0 radical (unpaired) electrons. The summed E-state index contributed by atoms with van der Waals surface area (Å²) in [5.74, 6) is -2.17. The second kappa shape index (κ2) is 10.8. The van der Waals surface area contributed by atoms with Crippen LogP contribution in [0.1, 0.15) is 30.5 Å². The fraction of sp³-hybridized carbons (Fsp3) is 0.385. The second-order valence-electron chi connectivity index (χ2n) is 8.48. The maximum absolute atomic E-state index is 14.9. The number of quaternary nitrogens is 1. The Hall–Kier alpha value is -3.23. The molecule has 0 aromatic heterocycles. The van der Waals surface area contributed by atoms with Crippen molar-refractivity contribution < 1.29 is 33.5 Å². The van der Waals surface area contributed by atoms with Crippen molar-refractivity contribution in [3.05, 3.63) is 71.0 Å². The number of carbonyl (C=O) groups excluding carboxylic acids is 2. The second-order valence-corrected chi connectivity index (χ2v) is 8.48. The number of benzene rings is 2. The Labute approximate surface area is 198 Å². The number of morpholine rings is 1. The Balaban J connectivity index is 1.69. The fourth-order valence-corrected chi connectivity index (χ4v) is 4.39. The lowest BCUT2D eigenvalue weighted by Crippen LogP contribution is -3.14. The average molecular weight is 469 g/mol. The lowest BCUT2D eigenvalue weighted by atomic mass is 9.95. The molecule has 8 heteroatoms. The smallest absolute Gasteiger partial charge is 0.295 e. The van der Waals surface area contributed by atoms with Crippen molar-refractivity contribution in [3.8, 4) is 5.75 Å². The molecule has 34 heavy (non-hydrogen) atoms. The third kappa shape index (κ3) is 4.98. The molecular weight excluding hydrogens is 439 g/mol. The maximum Gasteiger partial charge on any atom is 0.295 e. The number of ketones is 1. The molecule has 180 valence electrons. The van der Waals surface area contributed by atoms with Gasteiger partial charge in [0.05, 0.1) is 39.0 Å². The summed E-state index contributed by atoms with van der Waals surface area (Å²) in [5, 5.41) is 13.5. The van der Waals surface area contributed by atoms with Gasteiger partial charge in [-0.15, -0.1) is 0 Å². The van der Waals surface area contributed by atoms with Gasteiger partial charge in [0.2, 0.25) is 5.78 Å². The van der Waals surface area contributed by atoms with E-state index in [2.05, 4.69) is 0 Å². The van der Waals surface area contributed by atoms with Crippen LogP contribution in [0.3, 0.4) is 0 Å². The van der Waals surface area contributed by atoms with E-state index >= 15 is 0 Å². The summed E-state index contributed by atoms with van der Waals surface area (Å²) in [6, 6.07) is 11.4. The minimum absolute atomic E-state index is 0.143. The molecule has 2 aliphatic heterocycles. The number of hydrogen-bond acceptors (Lipinski definition) is 5. The van der Waals surface area contributed by atoms with E-state index in [-0.39, 0.29) is 23.2 Å². The zero-order valence-electron chi connectivity index (χ0n) is 19.2. The molecule has 0 saturated carbocycles. The number of carbonyl (C=O) groups is 2. The number of rotatable bonds is 8. The van der Waals surface area contributed by atoms with Gasteiger partial charge in [-0.1, -0.05) is 43.0 Å². The SMILES string of the molecule is CCCOc1ccc(/C([O-])=C2\C(=O)C(=O)N(CC[NH+]3CCOCC3)C2c2ccccc2F)cc1. The van der Waals surface area contributed by atoms with E-state index < -0.39 is 29.3 Å². The topological polar surface area (TPSA) is 83.3 Å². The normalized spacial score (nSPS) is 20.6. The molecule has 1 unspecified atom stereocenters. The van der Waals surface area contributed by atoms with Crippen LogP contribution in [-0.4, -0.2) is 62.6 Å². The molecule has 2 aromatic carbocycles. The zero-order valence-corrected chi connectivity index (χ0v) is 19.2. The lowest BCUT2D eigenvalue weighted by molar-refractivity contribution is -0.907. The number of nitrogens with one attached hydrogen (secondary N) is 1. The number of nitrogens with zero attached hydrogens (tertiary/aromatic N) is 1. The van der Waals surface area contributed by atoms with Crippen molar-refractivity contribution in [3.63, 3.8) is 0 Å². The number of hydrogen-bond donors (Lipinski definition) is 1. The van der Waals surface area contributed by atoms with Crippen LogP contribution in [0, 0.1) is 5.82 Å². The number of amides is 1. The van der Waals surface area contributed by atoms with Crippen LogP contribution in [0.4, 0.5) is 4.39 Å². The van der Waals surface area contributed by atoms with Crippen molar-refractivity contribution >= 4 is 17.4 Å². The Morgan fingerprint density at radius 1 is 1.15 bits per heavy atom. The Morgan fingerprint density at radius 3 is 2.53 bits per heavy atom. The Morgan fingerprint density at radius 2 is 1.85 bits per heavy atom. The van der Waals surface area contributed by atoms with Crippen LogP contribution in [-0.2, 0) is 14.3 Å². The van der Waals surface area contributed by atoms with Crippen molar-refractivity contribution in [1.29, 1.82) is 0 Å². The summed E-state index contributed by atoms with van der Waals surface area (Å²) in [6.07, 6.45) is 0.849. The number of halogens is 1. The van der Waals surface area contributed by atoms with Crippen molar-refractivity contribution in [2.45, 2.75) is 19.4 Å². The van der Waals surface area contributed by atoms with E-state index in [0.717, 1.165) is 19.5 Å². The van der Waals surface area contributed by atoms with E-state index in [0.29, 0.717) is 32.1 Å². The van der Waals surface area contributed by atoms with Gasteiger partial charge in [0.1, 0.15) is 24.7 Å². The van der Waals surface area contributed by atoms with Crippen LogP contribution < -0.4 is 14.7 Å². The number of ether oxygens (including phenoxy) is 2. The van der Waals surface area contributed by atoms with Crippen LogP contribution >= 0.6 is 0 Å². The first kappa shape index (κ1) is 23.9. The number of likely N-dealkylation sites (tertiary alicyclic amines) is 1. The third-order valence-corrected chi connectivity index (χ3v) is 6.22. The molecule has 2 saturated heterocycles. The minimum Gasteiger partial charge on any atom is -0.872 e. The zero-order chi connectivity index (χ0) is 24.1. The van der Waals surface area contributed by atoms with E-state index in [9.17, 15) is 19.1 Å². The monoisotopic (exact) mass is 468 g/mol. The molecule has 0 spiro atoms. The standard InChI is InChI=1S/C26H29FN2O5/c1-2-15-34-19-9-7-18(8-10-19)24(30)22-23(20-5-3-4-6-21(20)27)29(26(32)25(22)31)12-11-28-13-16-33-17-14-28/h3-10,23,30H,2,11-17H2,1H3/b24-22+. The summed E-state index contributed by atoms with van der Waals surface area (Å²) in [4.78, 5) is 28.7. The molecule has 2 aromatic rings. The molecule has 2 heterocycles. The predicted octanol–water partition coefficient (Wildman–Crippen LogP) is 0.754. The molecule has 0 bridgehead atoms. The molecule has 2 aliphatic rings.